The predicted molar refractivity (Wildman–Crippen MR) is 108 cm³/mol. The number of carbonyl (C=O) groups is 2. The molecule has 0 aliphatic carbocycles. The molecule has 7 nitrogen and oxygen atoms in total. The highest BCUT2D eigenvalue weighted by Gasteiger charge is 2.29. The van der Waals surface area contributed by atoms with Gasteiger partial charge in [-0.3, -0.25) is 14.6 Å². The first-order valence-corrected chi connectivity index (χ1v) is 10.7. The van der Waals surface area contributed by atoms with Gasteiger partial charge in [0.25, 0.3) is 5.91 Å². The van der Waals surface area contributed by atoms with Crippen molar-refractivity contribution in [2.24, 2.45) is 5.92 Å². The van der Waals surface area contributed by atoms with E-state index < -0.39 is 0 Å². The summed E-state index contributed by atoms with van der Waals surface area (Å²) in [6, 6.07) is 3.42. The zero-order valence-corrected chi connectivity index (χ0v) is 16.6. The molecular formula is C20H25N5O2S. The molecule has 0 radical (unpaired) electrons. The van der Waals surface area contributed by atoms with Crippen LogP contribution in [-0.4, -0.2) is 52.9 Å². The zero-order valence-electron chi connectivity index (χ0n) is 15.8. The highest BCUT2D eigenvalue weighted by Crippen LogP contribution is 2.32. The fourth-order valence-electron chi connectivity index (χ4n) is 3.90. The Kier molecular flexibility index (Phi) is 5.97. The van der Waals surface area contributed by atoms with E-state index in [1.165, 1.54) is 4.88 Å². The minimum Gasteiger partial charge on any atom is -0.338 e. The topological polar surface area (TPSA) is 87.2 Å². The van der Waals surface area contributed by atoms with Gasteiger partial charge in [-0.15, -0.1) is 11.3 Å². The molecule has 0 aromatic carbocycles. The highest BCUT2D eigenvalue weighted by molar-refractivity contribution is 7.15. The Balaban J connectivity index is 1.35. The fourth-order valence-corrected chi connectivity index (χ4v) is 4.89. The number of rotatable bonds is 4. The third-order valence-corrected chi connectivity index (χ3v) is 6.58. The van der Waals surface area contributed by atoms with Crippen molar-refractivity contribution in [3.8, 4) is 0 Å². The Morgan fingerprint density at radius 1 is 1.18 bits per heavy atom. The molecule has 1 unspecified atom stereocenters. The summed E-state index contributed by atoms with van der Waals surface area (Å²) in [5.41, 5.74) is 0.614. The van der Waals surface area contributed by atoms with Gasteiger partial charge in [0.2, 0.25) is 5.91 Å². The van der Waals surface area contributed by atoms with E-state index >= 15 is 0 Å². The van der Waals surface area contributed by atoms with Crippen molar-refractivity contribution in [1.82, 2.24) is 20.2 Å². The van der Waals surface area contributed by atoms with E-state index in [9.17, 15) is 9.59 Å². The molecule has 2 fully saturated rings. The van der Waals surface area contributed by atoms with Crippen LogP contribution in [0, 0.1) is 5.92 Å². The molecule has 8 heteroatoms. The summed E-state index contributed by atoms with van der Waals surface area (Å²) in [7, 11) is 0. The van der Waals surface area contributed by atoms with Crippen LogP contribution in [0.5, 0.6) is 0 Å². The van der Waals surface area contributed by atoms with Gasteiger partial charge in [0, 0.05) is 42.1 Å². The maximum Gasteiger partial charge on any atom is 0.253 e. The number of anilines is 1. The molecular weight excluding hydrogens is 374 g/mol. The van der Waals surface area contributed by atoms with Crippen LogP contribution < -0.4 is 10.6 Å². The number of aromatic nitrogens is 2. The molecule has 2 N–H and O–H groups in total. The molecule has 2 aliphatic heterocycles. The monoisotopic (exact) mass is 399 g/mol. The van der Waals surface area contributed by atoms with Gasteiger partial charge >= 0.3 is 0 Å². The van der Waals surface area contributed by atoms with Gasteiger partial charge in [0.15, 0.2) is 5.13 Å². The van der Waals surface area contributed by atoms with Gasteiger partial charge in [-0.2, -0.15) is 0 Å². The molecule has 0 bridgehead atoms. The van der Waals surface area contributed by atoms with Crippen LogP contribution in [0.2, 0.25) is 0 Å². The normalized spacial score (nSPS) is 20.7. The maximum absolute atomic E-state index is 12.8. The lowest BCUT2D eigenvalue weighted by atomic mass is 9.96. The van der Waals surface area contributed by atoms with Gasteiger partial charge in [-0.1, -0.05) is 0 Å². The van der Waals surface area contributed by atoms with Crippen LogP contribution in [0.25, 0.3) is 0 Å². The summed E-state index contributed by atoms with van der Waals surface area (Å²) in [5, 5.41) is 7.01. The average molecular weight is 400 g/mol. The van der Waals surface area contributed by atoms with Crippen molar-refractivity contribution < 1.29 is 9.59 Å². The van der Waals surface area contributed by atoms with Crippen molar-refractivity contribution in [3.63, 3.8) is 0 Å². The second-order valence-corrected chi connectivity index (χ2v) is 8.47. The van der Waals surface area contributed by atoms with E-state index in [0.29, 0.717) is 29.7 Å². The van der Waals surface area contributed by atoms with Crippen molar-refractivity contribution in [2.75, 3.05) is 31.5 Å². The molecule has 2 saturated heterocycles. The van der Waals surface area contributed by atoms with Crippen LogP contribution in [0.15, 0.2) is 30.7 Å². The van der Waals surface area contributed by atoms with Gasteiger partial charge in [0.1, 0.15) is 0 Å². The number of nitrogens with one attached hydrogen (secondary N) is 2. The number of hydrogen-bond donors (Lipinski definition) is 2. The smallest absolute Gasteiger partial charge is 0.253 e. The van der Waals surface area contributed by atoms with Gasteiger partial charge < -0.3 is 15.5 Å². The zero-order chi connectivity index (χ0) is 19.3. The SMILES string of the molecule is O=C(Nc1ncc(C2CCNCC2)s1)C1CCCN(C(=O)c2ccncc2)C1. The van der Waals surface area contributed by atoms with Crippen molar-refractivity contribution in [3.05, 3.63) is 41.2 Å². The number of pyridine rings is 1. The van der Waals surface area contributed by atoms with E-state index in [4.69, 9.17) is 0 Å². The lowest BCUT2D eigenvalue weighted by Crippen LogP contribution is -2.43. The lowest BCUT2D eigenvalue weighted by molar-refractivity contribution is -0.121. The molecule has 2 aliphatic rings. The third-order valence-electron chi connectivity index (χ3n) is 5.50. The van der Waals surface area contributed by atoms with Gasteiger partial charge in [-0.05, 0) is 56.8 Å². The summed E-state index contributed by atoms with van der Waals surface area (Å²) in [6.45, 7) is 3.20. The minimum absolute atomic E-state index is 0.0395. The Labute approximate surface area is 168 Å². The Bertz CT molecular complexity index is 819. The van der Waals surface area contributed by atoms with Crippen molar-refractivity contribution >= 4 is 28.3 Å². The molecule has 2 aromatic heterocycles. The van der Waals surface area contributed by atoms with Crippen LogP contribution in [0.1, 0.15) is 46.8 Å². The summed E-state index contributed by atoms with van der Waals surface area (Å²) < 4.78 is 0. The largest absolute Gasteiger partial charge is 0.338 e. The summed E-state index contributed by atoms with van der Waals surface area (Å²) >= 11 is 1.58. The first kappa shape index (κ1) is 19.0. The predicted octanol–water partition coefficient (Wildman–Crippen LogP) is 2.50. The number of carbonyl (C=O) groups excluding carboxylic acids is 2. The van der Waals surface area contributed by atoms with E-state index in [1.807, 2.05) is 6.20 Å². The van der Waals surface area contributed by atoms with Crippen molar-refractivity contribution in [1.29, 1.82) is 0 Å². The second-order valence-electron chi connectivity index (χ2n) is 7.41. The summed E-state index contributed by atoms with van der Waals surface area (Å²) in [6.07, 6.45) is 8.98. The molecule has 1 atom stereocenters. The Morgan fingerprint density at radius 2 is 1.96 bits per heavy atom. The van der Waals surface area contributed by atoms with Gasteiger partial charge in [0.05, 0.1) is 5.92 Å². The van der Waals surface area contributed by atoms with Gasteiger partial charge in [-0.25, -0.2) is 4.98 Å². The number of likely N-dealkylation sites (tertiary alicyclic amines) is 1. The van der Waals surface area contributed by atoms with Crippen molar-refractivity contribution in [2.45, 2.75) is 31.6 Å². The number of amides is 2. The Hall–Kier alpha value is -2.32. The quantitative estimate of drug-likeness (QED) is 0.825. The van der Waals surface area contributed by atoms with E-state index in [0.717, 1.165) is 38.8 Å². The molecule has 2 amide bonds. The number of hydrogen-bond acceptors (Lipinski definition) is 6. The van der Waals surface area contributed by atoms with E-state index in [1.54, 1.807) is 40.8 Å². The first-order valence-electron chi connectivity index (χ1n) is 9.87. The molecule has 4 rings (SSSR count). The van der Waals surface area contributed by atoms with E-state index in [2.05, 4.69) is 20.6 Å². The minimum atomic E-state index is -0.203. The van der Waals surface area contributed by atoms with E-state index in [-0.39, 0.29) is 17.7 Å². The fraction of sp³-hybridized carbons (Fsp3) is 0.500. The highest BCUT2D eigenvalue weighted by atomic mass is 32.1. The molecule has 0 saturated carbocycles. The number of thiazole rings is 1. The molecule has 4 heterocycles. The maximum atomic E-state index is 12.8. The third kappa shape index (κ3) is 4.39. The number of piperidine rings is 2. The lowest BCUT2D eigenvalue weighted by Gasteiger charge is -2.32. The molecule has 28 heavy (non-hydrogen) atoms. The molecule has 2 aromatic rings. The van der Waals surface area contributed by atoms with Crippen LogP contribution >= 0.6 is 11.3 Å². The van der Waals surface area contributed by atoms with Crippen LogP contribution in [-0.2, 0) is 4.79 Å². The average Bonchev–Trinajstić information content (AvgIpc) is 3.23. The summed E-state index contributed by atoms with van der Waals surface area (Å²) in [4.78, 5) is 36.8. The van der Waals surface area contributed by atoms with Crippen LogP contribution in [0.3, 0.4) is 0 Å². The molecule has 0 spiro atoms. The molecule has 148 valence electrons. The number of nitrogens with zero attached hydrogens (tertiary/aromatic N) is 3. The van der Waals surface area contributed by atoms with Crippen LogP contribution in [0.4, 0.5) is 5.13 Å². The first-order chi connectivity index (χ1) is 13.7. The second kappa shape index (κ2) is 8.79. The Morgan fingerprint density at radius 3 is 2.75 bits per heavy atom. The standard InChI is InChI=1S/C20H25N5O2S/c26-18(24-20-23-12-17(28-20)14-3-7-21-8-4-14)16-2-1-11-25(13-16)19(27)15-5-9-22-10-6-15/h5-6,9-10,12,14,16,21H,1-4,7-8,11,13H2,(H,23,24,26). The summed E-state index contributed by atoms with van der Waals surface area (Å²) in [5.74, 6) is 0.249.